The highest BCUT2D eigenvalue weighted by Gasteiger charge is 2.07. The summed E-state index contributed by atoms with van der Waals surface area (Å²) in [6.07, 6.45) is 0.969. The maximum Gasteiger partial charge on any atom is 0.0698 e. The number of ether oxygens (including phenoxy) is 1. The van der Waals surface area contributed by atoms with E-state index in [1.165, 1.54) is 0 Å². The van der Waals surface area contributed by atoms with E-state index in [-0.39, 0.29) is 19.3 Å². The molecule has 1 unspecified atom stereocenters. The van der Waals surface area contributed by atoms with Crippen LogP contribution in [0.3, 0.4) is 0 Å². The SMILES string of the molecule is CC(C)CC(CO)NCCOCCO. The van der Waals surface area contributed by atoms with Gasteiger partial charge in [0.25, 0.3) is 0 Å². The van der Waals surface area contributed by atoms with Crippen molar-refractivity contribution >= 4 is 0 Å². The Balaban J connectivity index is 3.33. The lowest BCUT2D eigenvalue weighted by Gasteiger charge is -2.18. The van der Waals surface area contributed by atoms with Crippen molar-refractivity contribution in [2.45, 2.75) is 26.3 Å². The Morgan fingerprint density at radius 2 is 1.93 bits per heavy atom. The van der Waals surface area contributed by atoms with Crippen LogP contribution in [-0.4, -0.2) is 49.2 Å². The van der Waals surface area contributed by atoms with Gasteiger partial charge in [-0.1, -0.05) is 13.8 Å². The highest BCUT2D eigenvalue weighted by molar-refractivity contribution is 4.66. The number of hydrogen-bond donors (Lipinski definition) is 3. The van der Waals surface area contributed by atoms with Crippen LogP contribution in [-0.2, 0) is 4.74 Å². The molecule has 0 saturated heterocycles. The van der Waals surface area contributed by atoms with E-state index in [2.05, 4.69) is 19.2 Å². The third-order valence-electron chi connectivity index (χ3n) is 1.89. The smallest absolute Gasteiger partial charge is 0.0698 e. The van der Waals surface area contributed by atoms with Gasteiger partial charge in [0.1, 0.15) is 0 Å². The van der Waals surface area contributed by atoms with Gasteiger partial charge in [0.05, 0.1) is 26.4 Å². The number of nitrogens with one attached hydrogen (secondary N) is 1. The van der Waals surface area contributed by atoms with Gasteiger partial charge in [0, 0.05) is 12.6 Å². The zero-order valence-electron chi connectivity index (χ0n) is 9.20. The second-order valence-corrected chi connectivity index (χ2v) is 3.80. The average molecular weight is 205 g/mol. The molecule has 86 valence electrons. The summed E-state index contributed by atoms with van der Waals surface area (Å²) in [5, 5.41) is 20.7. The second kappa shape index (κ2) is 9.40. The van der Waals surface area contributed by atoms with Crippen molar-refractivity contribution < 1.29 is 14.9 Å². The van der Waals surface area contributed by atoms with Crippen molar-refractivity contribution in [3.63, 3.8) is 0 Å². The fourth-order valence-corrected chi connectivity index (χ4v) is 1.29. The van der Waals surface area contributed by atoms with Crippen LogP contribution in [0.5, 0.6) is 0 Å². The molecule has 0 fully saturated rings. The van der Waals surface area contributed by atoms with Crippen LogP contribution in [0.1, 0.15) is 20.3 Å². The lowest BCUT2D eigenvalue weighted by molar-refractivity contribution is 0.0902. The van der Waals surface area contributed by atoms with E-state index < -0.39 is 0 Å². The van der Waals surface area contributed by atoms with Gasteiger partial charge in [-0.05, 0) is 12.3 Å². The molecule has 0 rings (SSSR count). The van der Waals surface area contributed by atoms with Crippen molar-refractivity contribution in [1.82, 2.24) is 5.32 Å². The third kappa shape index (κ3) is 8.44. The van der Waals surface area contributed by atoms with Crippen LogP contribution in [0.15, 0.2) is 0 Å². The average Bonchev–Trinajstić information content (AvgIpc) is 2.15. The fraction of sp³-hybridized carbons (Fsp3) is 1.00. The molecular formula is C10H23NO3. The molecule has 0 aliphatic carbocycles. The van der Waals surface area contributed by atoms with E-state index in [1.54, 1.807) is 0 Å². The Labute approximate surface area is 86.3 Å². The van der Waals surface area contributed by atoms with Crippen LogP contribution in [0.2, 0.25) is 0 Å². The molecule has 0 aromatic carbocycles. The van der Waals surface area contributed by atoms with E-state index in [9.17, 15) is 0 Å². The molecule has 1 atom stereocenters. The predicted octanol–water partition coefficient (Wildman–Crippen LogP) is -0.00810. The van der Waals surface area contributed by atoms with Gasteiger partial charge < -0.3 is 20.3 Å². The zero-order valence-corrected chi connectivity index (χ0v) is 9.20. The summed E-state index contributed by atoms with van der Waals surface area (Å²) in [5.41, 5.74) is 0. The summed E-state index contributed by atoms with van der Waals surface area (Å²) in [6.45, 7) is 6.18. The van der Waals surface area contributed by atoms with E-state index in [1.807, 2.05) is 0 Å². The molecule has 0 aliphatic heterocycles. The van der Waals surface area contributed by atoms with Crippen LogP contribution < -0.4 is 5.32 Å². The van der Waals surface area contributed by atoms with Crippen molar-refractivity contribution in [3.8, 4) is 0 Å². The Bertz CT molecular complexity index is 120. The summed E-state index contributed by atoms with van der Waals surface area (Å²) in [4.78, 5) is 0. The summed E-state index contributed by atoms with van der Waals surface area (Å²) in [7, 11) is 0. The zero-order chi connectivity index (χ0) is 10.8. The number of aliphatic hydroxyl groups is 2. The van der Waals surface area contributed by atoms with Crippen molar-refractivity contribution in [3.05, 3.63) is 0 Å². The van der Waals surface area contributed by atoms with Gasteiger partial charge in [-0.25, -0.2) is 0 Å². The first-order valence-electron chi connectivity index (χ1n) is 5.23. The van der Waals surface area contributed by atoms with Crippen LogP contribution in [0.4, 0.5) is 0 Å². The number of aliphatic hydroxyl groups excluding tert-OH is 2. The summed E-state index contributed by atoms with van der Waals surface area (Å²) >= 11 is 0. The minimum absolute atomic E-state index is 0.0649. The topological polar surface area (TPSA) is 61.7 Å². The quantitative estimate of drug-likeness (QED) is 0.463. The number of rotatable bonds is 9. The van der Waals surface area contributed by atoms with Gasteiger partial charge in [-0.3, -0.25) is 0 Å². The van der Waals surface area contributed by atoms with E-state index in [4.69, 9.17) is 14.9 Å². The maximum absolute atomic E-state index is 9.03. The minimum atomic E-state index is 0.0649. The van der Waals surface area contributed by atoms with Gasteiger partial charge >= 0.3 is 0 Å². The van der Waals surface area contributed by atoms with Gasteiger partial charge in [0.2, 0.25) is 0 Å². The second-order valence-electron chi connectivity index (χ2n) is 3.80. The van der Waals surface area contributed by atoms with Gasteiger partial charge in [-0.2, -0.15) is 0 Å². The molecule has 0 spiro atoms. The Morgan fingerprint density at radius 3 is 2.43 bits per heavy atom. The lowest BCUT2D eigenvalue weighted by atomic mass is 10.0. The molecule has 4 nitrogen and oxygen atoms in total. The highest BCUT2D eigenvalue weighted by atomic mass is 16.5. The van der Waals surface area contributed by atoms with E-state index in [0.717, 1.165) is 13.0 Å². The monoisotopic (exact) mass is 205 g/mol. The third-order valence-corrected chi connectivity index (χ3v) is 1.89. The van der Waals surface area contributed by atoms with Crippen LogP contribution in [0.25, 0.3) is 0 Å². The van der Waals surface area contributed by atoms with E-state index in [0.29, 0.717) is 19.1 Å². The fourth-order valence-electron chi connectivity index (χ4n) is 1.29. The molecule has 0 amide bonds. The molecule has 0 aromatic heterocycles. The standard InChI is InChI=1S/C10H23NO3/c1-9(2)7-10(8-13)11-3-5-14-6-4-12/h9-13H,3-8H2,1-2H3. The van der Waals surface area contributed by atoms with Crippen LogP contribution in [0, 0.1) is 5.92 Å². The molecule has 0 radical (unpaired) electrons. The first-order valence-corrected chi connectivity index (χ1v) is 5.23. The highest BCUT2D eigenvalue weighted by Crippen LogP contribution is 2.03. The molecular weight excluding hydrogens is 182 g/mol. The molecule has 0 bridgehead atoms. The molecule has 14 heavy (non-hydrogen) atoms. The molecule has 0 heterocycles. The van der Waals surface area contributed by atoms with Crippen molar-refractivity contribution in [1.29, 1.82) is 0 Å². The van der Waals surface area contributed by atoms with Crippen LogP contribution >= 0.6 is 0 Å². The van der Waals surface area contributed by atoms with Gasteiger partial charge in [-0.15, -0.1) is 0 Å². The first-order chi connectivity index (χ1) is 6.70. The lowest BCUT2D eigenvalue weighted by Crippen LogP contribution is -2.36. The van der Waals surface area contributed by atoms with E-state index >= 15 is 0 Å². The van der Waals surface area contributed by atoms with Crippen molar-refractivity contribution in [2.24, 2.45) is 5.92 Å². The maximum atomic E-state index is 9.03. The molecule has 0 saturated carbocycles. The number of hydrogen-bond acceptors (Lipinski definition) is 4. The molecule has 4 heteroatoms. The molecule has 0 aromatic rings. The largest absolute Gasteiger partial charge is 0.395 e. The summed E-state index contributed by atoms with van der Waals surface area (Å²) in [5.74, 6) is 0.581. The Kier molecular flexibility index (Phi) is 9.29. The van der Waals surface area contributed by atoms with Crippen molar-refractivity contribution in [2.75, 3.05) is 33.0 Å². The molecule has 0 aliphatic rings. The Hall–Kier alpha value is -0.160. The predicted molar refractivity (Wildman–Crippen MR) is 56.2 cm³/mol. The Morgan fingerprint density at radius 1 is 1.21 bits per heavy atom. The minimum Gasteiger partial charge on any atom is -0.395 e. The summed E-state index contributed by atoms with van der Waals surface area (Å²) in [6, 6.07) is 0.160. The summed E-state index contributed by atoms with van der Waals surface area (Å²) < 4.78 is 5.09. The normalized spacial score (nSPS) is 13.5. The van der Waals surface area contributed by atoms with Gasteiger partial charge in [0.15, 0.2) is 0 Å². The molecule has 3 N–H and O–H groups in total. The first kappa shape index (κ1) is 13.8.